The van der Waals surface area contributed by atoms with E-state index in [4.69, 9.17) is 5.73 Å². The lowest BCUT2D eigenvalue weighted by atomic mass is 10.0. The van der Waals surface area contributed by atoms with Crippen molar-refractivity contribution >= 4 is 5.91 Å². The summed E-state index contributed by atoms with van der Waals surface area (Å²) in [7, 11) is 0. The highest BCUT2D eigenvalue weighted by molar-refractivity contribution is 5.81. The highest BCUT2D eigenvalue weighted by Crippen LogP contribution is 2.24. The first-order valence-corrected chi connectivity index (χ1v) is 7.86. The molecule has 1 amide bonds. The first-order valence-electron chi connectivity index (χ1n) is 7.86. The number of hydrogen-bond acceptors (Lipinski definition) is 3. The van der Waals surface area contributed by atoms with Crippen molar-refractivity contribution in [1.29, 1.82) is 0 Å². The summed E-state index contributed by atoms with van der Waals surface area (Å²) in [4.78, 5) is 16.8. The van der Waals surface area contributed by atoms with Crippen LogP contribution in [0, 0.1) is 5.92 Å². The number of nitrogens with zero attached hydrogens (tertiary/aromatic N) is 2. The molecule has 1 atom stereocenters. The van der Waals surface area contributed by atoms with Crippen molar-refractivity contribution < 1.29 is 4.79 Å². The fourth-order valence-corrected chi connectivity index (χ4v) is 3.42. The Morgan fingerprint density at radius 3 is 2.26 bits per heavy atom. The van der Waals surface area contributed by atoms with E-state index in [9.17, 15) is 4.79 Å². The fraction of sp³-hybridized carbons (Fsp3) is 0.933. The van der Waals surface area contributed by atoms with E-state index >= 15 is 0 Å². The zero-order chi connectivity index (χ0) is 13.8. The lowest BCUT2D eigenvalue weighted by Gasteiger charge is -2.39. The summed E-state index contributed by atoms with van der Waals surface area (Å²) < 4.78 is 0. The molecule has 2 fully saturated rings. The molecule has 1 heterocycles. The number of carbonyl (C=O) groups is 1. The van der Waals surface area contributed by atoms with E-state index in [1.807, 2.05) is 4.90 Å². The van der Waals surface area contributed by atoms with Crippen molar-refractivity contribution in [3.63, 3.8) is 0 Å². The summed E-state index contributed by atoms with van der Waals surface area (Å²) in [5, 5.41) is 0. The van der Waals surface area contributed by atoms with Crippen LogP contribution in [0.1, 0.15) is 46.0 Å². The van der Waals surface area contributed by atoms with Crippen molar-refractivity contribution in [2.75, 3.05) is 26.2 Å². The normalized spacial score (nSPS) is 24.1. The third-order valence-electron chi connectivity index (χ3n) is 4.51. The molecule has 1 aliphatic heterocycles. The second-order valence-electron chi connectivity index (χ2n) is 6.54. The summed E-state index contributed by atoms with van der Waals surface area (Å²) in [5.41, 5.74) is 6.00. The zero-order valence-electron chi connectivity index (χ0n) is 12.5. The van der Waals surface area contributed by atoms with E-state index in [0.29, 0.717) is 5.92 Å². The lowest BCUT2D eigenvalue weighted by molar-refractivity contribution is -0.135. The monoisotopic (exact) mass is 267 g/mol. The van der Waals surface area contributed by atoms with Crippen LogP contribution in [-0.4, -0.2) is 54.0 Å². The largest absolute Gasteiger partial charge is 0.339 e. The Morgan fingerprint density at radius 1 is 1.16 bits per heavy atom. The van der Waals surface area contributed by atoms with Gasteiger partial charge >= 0.3 is 0 Å². The molecule has 1 saturated heterocycles. The molecule has 0 aromatic carbocycles. The molecule has 4 heteroatoms. The summed E-state index contributed by atoms with van der Waals surface area (Å²) in [6.07, 6.45) is 6.25. The zero-order valence-corrected chi connectivity index (χ0v) is 12.5. The van der Waals surface area contributed by atoms with E-state index in [1.54, 1.807) is 0 Å². The molecule has 1 saturated carbocycles. The minimum Gasteiger partial charge on any atom is -0.339 e. The van der Waals surface area contributed by atoms with Gasteiger partial charge in [0.1, 0.15) is 0 Å². The van der Waals surface area contributed by atoms with Gasteiger partial charge in [-0.1, -0.05) is 26.7 Å². The molecule has 1 aliphatic carbocycles. The maximum Gasteiger partial charge on any atom is 0.239 e. The molecule has 110 valence electrons. The lowest BCUT2D eigenvalue weighted by Crippen LogP contribution is -2.55. The number of rotatable bonds is 4. The van der Waals surface area contributed by atoms with Crippen molar-refractivity contribution in [2.45, 2.75) is 58.0 Å². The van der Waals surface area contributed by atoms with Gasteiger partial charge < -0.3 is 10.6 Å². The smallest absolute Gasteiger partial charge is 0.239 e. The summed E-state index contributed by atoms with van der Waals surface area (Å²) in [6.45, 7) is 8.02. The van der Waals surface area contributed by atoms with Gasteiger partial charge in [0.15, 0.2) is 0 Å². The van der Waals surface area contributed by atoms with E-state index in [2.05, 4.69) is 18.7 Å². The Bertz CT molecular complexity index is 292. The van der Waals surface area contributed by atoms with Gasteiger partial charge in [-0.2, -0.15) is 0 Å². The van der Waals surface area contributed by atoms with Crippen LogP contribution in [0.2, 0.25) is 0 Å². The topological polar surface area (TPSA) is 49.6 Å². The minimum absolute atomic E-state index is 0.153. The van der Waals surface area contributed by atoms with Crippen molar-refractivity contribution in [1.82, 2.24) is 9.80 Å². The SMILES string of the molecule is CC(C)C[C@H](N)C(=O)N1CCN(C2CCCC2)CC1. The van der Waals surface area contributed by atoms with Crippen molar-refractivity contribution in [3.8, 4) is 0 Å². The molecule has 2 N–H and O–H groups in total. The van der Waals surface area contributed by atoms with Gasteiger partial charge in [-0.15, -0.1) is 0 Å². The average molecular weight is 267 g/mol. The van der Waals surface area contributed by atoms with Crippen LogP contribution in [-0.2, 0) is 4.79 Å². The third kappa shape index (κ3) is 3.93. The molecule has 0 spiro atoms. The van der Waals surface area contributed by atoms with Gasteiger partial charge in [-0.05, 0) is 25.2 Å². The molecule has 2 aliphatic rings. The maximum atomic E-state index is 12.2. The Morgan fingerprint density at radius 2 is 1.74 bits per heavy atom. The van der Waals surface area contributed by atoms with Gasteiger partial charge in [0.2, 0.25) is 5.91 Å². The molecule has 4 nitrogen and oxygen atoms in total. The number of hydrogen-bond donors (Lipinski definition) is 1. The van der Waals surface area contributed by atoms with Crippen LogP contribution in [0.4, 0.5) is 0 Å². The van der Waals surface area contributed by atoms with E-state index in [-0.39, 0.29) is 11.9 Å². The standard InChI is InChI=1S/C15H29N3O/c1-12(2)11-14(16)15(19)18-9-7-17(8-10-18)13-5-3-4-6-13/h12-14H,3-11,16H2,1-2H3/t14-/m0/s1. The van der Waals surface area contributed by atoms with Gasteiger partial charge in [-0.3, -0.25) is 9.69 Å². The second kappa shape index (κ2) is 6.71. The predicted octanol–water partition coefficient (Wildman–Crippen LogP) is 1.45. The Balaban J connectivity index is 1.77. The van der Waals surface area contributed by atoms with Crippen LogP contribution >= 0.6 is 0 Å². The number of carbonyl (C=O) groups excluding carboxylic acids is 1. The third-order valence-corrected chi connectivity index (χ3v) is 4.51. The molecule has 0 aromatic heterocycles. The highest BCUT2D eigenvalue weighted by Gasteiger charge is 2.29. The summed E-state index contributed by atoms with van der Waals surface area (Å²) in [5.74, 6) is 0.637. The van der Waals surface area contributed by atoms with Gasteiger partial charge in [0.05, 0.1) is 6.04 Å². The van der Waals surface area contributed by atoms with Gasteiger partial charge in [0, 0.05) is 32.2 Å². The predicted molar refractivity (Wildman–Crippen MR) is 77.8 cm³/mol. The van der Waals surface area contributed by atoms with Crippen LogP contribution in [0.5, 0.6) is 0 Å². The van der Waals surface area contributed by atoms with Crippen molar-refractivity contribution in [2.24, 2.45) is 11.7 Å². The molecular weight excluding hydrogens is 238 g/mol. The number of amides is 1. The average Bonchev–Trinajstić information content (AvgIpc) is 2.91. The van der Waals surface area contributed by atoms with E-state index in [1.165, 1.54) is 25.7 Å². The van der Waals surface area contributed by atoms with Gasteiger partial charge in [-0.25, -0.2) is 0 Å². The van der Waals surface area contributed by atoms with Crippen LogP contribution in [0.3, 0.4) is 0 Å². The van der Waals surface area contributed by atoms with E-state index in [0.717, 1.165) is 38.6 Å². The molecular formula is C15H29N3O. The first kappa shape index (κ1) is 14.8. The maximum absolute atomic E-state index is 12.2. The summed E-state index contributed by atoms with van der Waals surface area (Å²) in [6, 6.07) is 0.472. The van der Waals surface area contributed by atoms with Gasteiger partial charge in [0.25, 0.3) is 0 Å². The Hall–Kier alpha value is -0.610. The van der Waals surface area contributed by atoms with Crippen LogP contribution in [0.15, 0.2) is 0 Å². The molecule has 2 rings (SSSR count). The second-order valence-corrected chi connectivity index (χ2v) is 6.54. The molecule has 0 bridgehead atoms. The minimum atomic E-state index is -0.307. The van der Waals surface area contributed by atoms with Crippen molar-refractivity contribution in [3.05, 3.63) is 0 Å². The van der Waals surface area contributed by atoms with Crippen LogP contribution < -0.4 is 5.73 Å². The van der Waals surface area contributed by atoms with Crippen LogP contribution in [0.25, 0.3) is 0 Å². The van der Waals surface area contributed by atoms with E-state index < -0.39 is 0 Å². The molecule has 0 unspecified atom stereocenters. The number of piperazine rings is 1. The number of nitrogens with two attached hydrogens (primary N) is 1. The highest BCUT2D eigenvalue weighted by atomic mass is 16.2. The first-order chi connectivity index (χ1) is 9.08. The molecule has 0 aromatic rings. The quantitative estimate of drug-likeness (QED) is 0.838. The summed E-state index contributed by atoms with van der Waals surface area (Å²) >= 11 is 0. The fourth-order valence-electron chi connectivity index (χ4n) is 3.42. The molecule has 0 radical (unpaired) electrons. The Labute approximate surface area is 117 Å². The Kier molecular flexibility index (Phi) is 5.22. The molecule has 19 heavy (non-hydrogen) atoms.